The average molecular weight is 272 g/mol. The Hall–Kier alpha value is -0.180. The number of thioether (sulfide) groups is 1. The van der Waals surface area contributed by atoms with Gasteiger partial charge in [-0.15, -0.1) is 11.8 Å². The van der Waals surface area contributed by atoms with Gasteiger partial charge in [0.25, 0.3) is 0 Å². The molecule has 1 aromatic carbocycles. The van der Waals surface area contributed by atoms with E-state index in [1.54, 1.807) is 0 Å². The Morgan fingerprint density at radius 2 is 2.00 bits per heavy atom. The monoisotopic (exact) mass is 271 g/mol. The van der Waals surface area contributed by atoms with Gasteiger partial charge in [0.15, 0.2) is 0 Å². The average Bonchev–Trinajstić information content (AvgIpc) is 2.27. The zero-order valence-electron chi connectivity index (χ0n) is 11.1. The molecule has 0 radical (unpaired) electrons. The predicted molar refractivity (Wildman–Crippen MR) is 79.1 cm³/mol. The number of hydrogen-bond acceptors (Lipinski definition) is 2. The number of hydrogen-bond donors (Lipinski definition) is 1. The number of nitrogens with one attached hydrogen (secondary N) is 1. The summed E-state index contributed by atoms with van der Waals surface area (Å²) in [6, 6.07) is 6.75. The van der Waals surface area contributed by atoms with Gasteiger partial charge in [-0.3, -0.25) is 0 Å². The fourth-order valence-electron chi connectivity index (χ4n) is 1.58. The maximum atomic E-state index is 6.31. The van der Waals surface area contributed by atoms with Crippen molar-refractivity contribution in [2.45, 2.75) is 38.6 Å². The SMILES string of the molecule is CCNC(C)c1ccc(SCC(C)C)c(Cl)c1. The van der Waals surface area contributed by atoms with E-state index in [4.69, 9.17) is 11.6 Å². The Bertz CT molecular complexity index is 352. The van der Waals surface area contributed by atoms with E-state index in [-0.39, 0.29) is 0 Å². The van der Waals surface area contributed by atoms with Crippen LogP contribution in [0.2, 0.25) is 5.02 Å². The summed E-state index contributed by atoms with van der Waals surface area (Å²) >= 11 is 8.15. The smallest absolute Gasteiger partial charge is 0.0545 e. The van der Waals surface area contributed by atoms with Crippen LogP contribution in [0.1, 0.15) is 39.3 Å². The molecule has 0 aliphatic rings. The summed E-state index contributed by atoms with van der Waals surface area (Å²) in [4.78, 5) is 1.19. The number of rotatable bonds is 6. The fourth-order valence-corrected chi connectivity index (χ4v) is 2.81. The molecule has 0 aliphatic carbocycles. The molecule has 1 aromatic rings. The molecule has 1 rings (SSSR count). The van der Waals surface area contributed by atoms with Crippen LogP contribution in [-0.2, 0) is 0 Å². The van der Waals surface area contributed by atoms with Gasteiger partial charge in [-0.25, -0.2) is 0 Å². The highest BCUT2D eigenvalue weighted by molar-refractivity contribution is 7.99. The van der Waals surface area contributed by atoms with Crippen LogP contribution in [0.3, 0.4) is 0 Å². The second-order valence-corrected chi connectivity index (χ2v) is 6.14. The highest BCUT2D eigenvalue weighted by Crippen LogP contribution is 2.30. The largest absolute Gasteiger partial charge is 0.310 e. The van der Waals surface area contributed by atoms with Crippen LogP contribution in [0.25, 0.3) is 0 Å². The third-order valence-electron chi connectivity index (χ3n) is 2.54. The van der Waals surface area contributed by atoms with Gasteiger partial charge < -0.3 is 5.32 Å². The highest BCUT2D eigenvalue weighted by Gasteiger charge is 2.08. The van der Waals surface area contributed by atoms with Crippen LogP contribution >= 0.6 is 23.4 Å². The standard InChI is InChI=1S/C14H22ClNS/c1-5-16-11(4)12-6-7-14(13(15)8-12)17-9-10(2)3/h6-8,10-11,16H,5,9H2,1-4H3. The molecule has 0 fully saturated rings. The topological polar surface area (TPSA) is 12.0 Å². The minimum absolute atomic E-state index is 0.363. The Balaban J connectivity index is 2.72. The van der Waals surface area contributed by atoms with Crippen molar-refractivity contribution in [3.63, 3.8) is 0 Å². The molecule has 1 nitrogen and oxygen atoms in total. The minimum Gasteiger partial charge on any atom is -0.310 e. The highest BCUT2D eigenvalue weighted by atomic mass is 35.5. The van der Waals surface area contributed by atoms with E-state index in [2.05, 4.69) is 51.2 Å². The fraction of sp³-hybridized carbons (Fsp3) is 0.571. The van der Waals surface area contributed by atoms with Crippen LogP contribution < -0.4 is 5.32 Å². The van der Waals surface area contributed by atoms with E-state index < -0.39 is 0 Å². The molecule has 17 heavy (non-hydrogen) atoms. The third-order valence-corrected chi connectivity index (χ3v) is 4.46. The molecule has 0 saturated carbocycles. The summed E-state index contributed by atoms with van der Waals surface area (Å²) in [6.07, 6.45) is 0. The lowest BCUT2D eigenvalue weighted by Gasteiger charge is -2.14. The Labute approximate surface area is 114 Å². The van der Waals surface area contributed by atoms with E-state index in [0.29, 0.717) is 12.0 Å². The molecule has 96 valence electrons. The van der Waals surface area contributed by atoms with Gasteiger partial charge in [0.05, 0.1) is 5.02 Å². The predicted octanol–water partition coefficient (Wildman–Crippen LogP) is 4.76. The molecule has 0 aliphatic heterocycles. The quantitative estimate of drug-likeness (QED) is 0.749. The van der Waals surface area contributed by atoms with Crippen LogP contribution in [0.4, 0.5) is 0 Å². The molecule has 0 saturated heterocycles. The van der Waals surface area contributed by atoms with Crippen molar-refractivity contribution in [1.82, 2.24) is 5.32 Å². The van der Waals surface area contributed by atoms with Crippen molar-refractivity contribution in [3.8, 4) is 0 Å². The third kappa shape index (κ3) is 4.90. The molecular formula is C14H22ClNS. The van der Waals surface area contributed by atoms with Gasteiger partial charge >= 0.3 is 0 Å². The maximum absolute atomic E-state index is 6.31. The van der Waals surface area contributed by atoms with Gasteiger partial charge in [0.1, 0.15) is 0 Å². The minimum atomic E-state index is 0.363. The number of halogens is 1. The van der Waals surface area contributed by atoms with Crippen molar-refractivity contribution in [3.05, 3.63) is 28.8 Å². The van der Waals surface area contributed by atoms with Gasteiger partial charge in [-0.05, 0) is 37.1 Å². The Kier molecular flexibility index (Phi) is 6.39. The molecule has 0 spiro atoms. The second-order valence-electron chi connectivity index (χ2n) is 4.67. The lowest BCUT2D eigenvalue weighted by Crippen LogP contribution is -2.17. The number of benzene rings is 1. The van der Waals surface area contributed by atoms with E-state index >= 15 is 0 Å². The Morgan fingerprint density at radius 3 is 2.53 bits per heavy atom. The maximum Gasteiger partial charge on any atom is 0.0545 e. The molecular weight excluding hydrogens is 250 g/mol. The first kappa shape index (κ1) is 14.9. The van der Waals surface area contributed by atoms with Crippen molar-refractivity contribution in [1.29, 1.82) is 0 Å². The van der Waals surface area contributed by atoms with Crippen molar-refractivity contribution in [2.24, 2.45) is 5.92 Å². The van der Waals surface area contributed by atoms with Crippen molar-refractivity contribution >= 4 is 23.4 Å². The Morgan fingerprint density at radius 1 is 1.29 bits per heavy atom. The van der Waals surface area contributed by atoms with Crippen LogP contribution in [0.15, 0.2) is 23.1 Å². The van der Waals surface area contributed by atoms with Gasteiger partial charge in [0.2, 0.25) is 0 Å². The second kappa shape index (κ2) is 7.30. The van der Waals surface area contributed by atoms with E-state index in [0.717, 1.165) is 17.3 Å². The van der Waals surface area contributed by atoms with E-state index in [1.165, 1.54) is 10.5 Å². The molecule has 1 N–H and O–H groups in total. The summed E-state index contributed by atoms with van der Waals surface area (Å²) < 4.78 is 0. The molecule has 1 unspecified atom stereocenters. The first-order valence-corrected chi connectivity index (χ1v) is 7.56. The molecule has 1 atom stereocenters. The molecule has 3 heteroatoms. The van der Waals surface area contributed by atoms with Crippen LogP contribution in [0, 0.1) is 5.92 Å². The summed E-state index contributed by atoms with van der Waals surface area (Å²) in [5.74, 6) is 1.80. The molecule has 0 amide bonds. The van der Waals surface area contributed by atoms with Crippen molar-refractivity contribution < 1.29 is 0 Å². The summed E-state index contributed by atoms with van der Waals surface area (Å²) in [6.45, 7) is 9.70. The first-order chi connectivity index (χ1) is 8.04. The summed E-state index contributed by atoms with van der Waals surface area (Å²) in [5, 5.41) is 4.27. The lowest BCUT2D eigenvalue weighted by atomic mass is 10.1. The van der Waals surface area contributed by atoms with Crippen LogP contribution in [0.5, 0.6) is 0 Å². The zero-order chi connectivity index (χ0) is 12.8. The lowest BCUT2D eigenvalue weighted by molar-refractivity contribution is 0.598. The van der Waals surface area contributed by atoms with Gasteiger partial charge in [-0.2, -0.15) is 0 Å². The van der Waals surface area contributed by atoms with Gasteiger partial charge in [-0.1, -0.05) is 38.4 Å². The molecule has 0 aromatic heterocycles. The van der Waals surface area contributed by atoms with Crippen LogP contribution in [-0.4, -0.2) is 12.3 Å². The van der Waals surface area contributed by atoms with Gasteiger partial charge in [0, 0.05) is 16.7 Å². The summed E-state index contributed by atoms with van der Waals surface area (Å²) in [5.41, 5.74) is 1.26. The molecule has 0 bridgehead atoms. The molecule has 0 heterocycles. The zero-order valence-corrected chi connectivity index (χ0v) is 12.7. The summed E-state index contributed by atoms with van der Waals surface area (Å²) in [7, 11) is 0. The van der Waals surface area contributed by atoms with E-state index in [9.17, 15) is 0 Å². The first-order valence-electron chi connectivity index (χ1n) is 6.20. The van der Waals surface area contributed by atoms with Crippen molar-refractivity contribution in [2.75, 3.05) is 12.3 Å². The normalized spacial score (nSPS) is 13.1. The van der Waals surface area contributed by atoms with E-state index in [1.807, 2.05) is 11.8 Å².